The summed E-state index contributed by atoms with van der Waals surface area (Å²) in [4.78, 5) is 0. The van der Waals surface area contributed by atoms with Gasteiger partial charge in [0.2, 0.25) is 0 Å². The fourth-order valence-corrected chi connectivity index (χ4v) is 1.23. The molecule has 0 amide bonds. The molecule has 1 aromatic heterocycles. The average Bonchev–Trinajstić information content (AvgIpc) is 2.31. The van der Waals surface area contributed by atoms with E-state index in [4.69, 9.17) is 4.42 Å². The van der Waals surface area contributed by atoms with Crippen LogP contribution in [0.25, 0.3) is 0 Å². The largest absolute Gasteiger partial charge is 0.466 e. The molecule has 1 aromatic rings. The summed E-state index contributed by atoms with van der Waals surface area (Å²) in [6.45, 7) is 1.97. The summed E-state index contributed by atoms with van der Waals surface area (Å²) in [5.74, 6) is 3.26. The summed E-state index contributed by atoms with van der Waals surface area (Å²) in [5.41, 5.74) is 0. The number of rotatable bonds is 3. The fraction of sp³-hybridized carbons (Fsp3) is 0.500. The molecule has 0 N–H and O–H groups in total. The molecule has 2 heteroatoms. The van der Waals surface area contributed by atoms with E-state index >= 15 is 0 Å². The SMILES string of the molecule is CSCCc1ccc(C)o1. The van der Waals surface area contributed by atoms with Crippen LogP contribution in [0.5, 0.6) is 0 Å². The Morgan fingerprint density at radius 1 is 1.50 bits per heavy atom. The topological polar surface area (TPSA) is 13.1 Å². The van der Waals surface area contributed by atoms with Gasteiger partial charge in [0.1, 0.15) is 11.5 Å². The Labute approximate surface area is 65.8 Å². The molecule has 0 saturated carbocycles. The first-order valence-corrected chi connectivity index (χ1v) is 4.76. The smallest absolute Gasteiger partial charge is 0.104 e. The summed E-state index contributed by atoms with van der Waals surface area (Å²) < 4.78 is 5.37. The molecule has 0 bridgehead atoms. The van der Waals surface area contributed by atoms with Crippen molar-refractivity contribution in [3.05, 3.63) is 23.7 Å². The maximum Gasteiger partial charge on any atom is 0.104 e. The molecule has 0 radical (unpaired) electrons. The molecule has 56 valence electrons. The minimum absolute atomic E-state index is 1.01. The van der Waals surface area contributed by atoms with Gasteiger partial charge in [-0.15, -0.1) is 0 Å². The highest BCUT2D eigenvalue weighted by Crippen LogP contribution is 2.08. The van der Waals surface area contributed by atoms with Crippen LogP contribution >= 0.6 is 11.8 Å². The quantitative estimate of drug-likeness (QED) is 0.667. The zero-order valence-electron chi connectivity index (χ0n) is 6.39. The van der Waals surface area contributed by atoms with Crippen LogP contribution < -0.4 is 0 Å². The lowest BCUT2D eigenvalue weighted by atomic mass is 10.4. The zero-order valence-corrected chi connectivity index (χ0v) is 7.20. The highest BCUT2D eigenvalue weighted by atomic mass is 32.2. The zero-order chi connectivity index (χ0) is 7.40. The number of hydrogen-bond acceptors (Lipinski definition) is 2. The van der Waals surface area contributed by atoms with Crippen LogP contribution in [-0.4, -0.2) is 12.0 Å². The van der Waals surface area contributed by atoms with Gasteiger partial charge in [-0.05, 0) is 25.3 Å². The molecule has 0 fully saturated rings. The predicted molar refractivity (Wildman–Crippen MR) is 45.5 cm³/mol. The van der Waals surface area contributed by atoms with E-state index in [-0.39, 0.29) is 0 Å². The van der Waals surface area contributed by atoms with Crippen LogP contribution in [0, 0.1) is 6.92 Å². The molecule has 0 aliphatic heterocycles. The van der Waals surface area contributed by atoms with E-state index in [2.05, 4.69) is 6.26 Å². The Morgan fingerprint density at radius 3 is 2.80 bits per heavy atom. The fourth-order valence-electron chi connectivity index (χ4n) is 0.822. The number of thioether (sulfide) groups is 1. The Morgan fingerprint density at radius 2 is 2.30 bits per heavy atom. The van der Waals surface area contributed by atoms with Crippen LogP contribution in [0.1, 0.15) is 11.5 Å². The molecular formula is C8H12OS. The van der Waals surface area contributed by atoms with Crippen LogP contribution in [0.4, 0.5) is 0 Å². The molecule has 0 unspecified atom stereocenters. The first-order valence-electron chi connectivity index (χ1n) is 3.37. The van der Waals surface area contributed by atoms with Crippen LogP contribution in [0.3, 0.4) is 0 Å². The second-order valence-electron chi connectivity index (χ2n) is 2.26. The molecule has 0 aliphatic rings. The highest BCUT2D eigenvalue weighted by Gasteiger charge is 1.95. The Balaban J connectivity index is 2.42. The van der Waals surface area contributed by atoms with Crippen molar-refractivity contribution in [2.24, 2.45) is 0 Å². The minimum atomic E-state index is 1.01. The Hall–Kier alpha value is -0.370. The van der Waals surface area contributed by atoms with Gasteiger partial charge in [-0.3, -0.25) is 0 Å². The van der Waals surface area contributed by atoms with E-state index in [0.29, 0.717) is 0 Å². The third-order valence-corrected chi connectivity index (χ3v) is 1.96. The van der Waals surface area contributed by atoms with Crippen LogP contribution in [-0.2, 0) is 6.42 Å². The number of furan rings is 1. The van der Waals surface area contributed by atoms with Gasteiger partial charge in [-0.25, -0.2) is 0 Å². The summed E-state index contributed by atoms with van der Waals surface area (Å²) in [7, 11) is 0. The van der Waals surface area contributed by atoms with E-state index in [1.807, 2.05) is 30.8 Å². The van der Waals surface area contributed by atoms with Crippen molar-refractivity contribution in [3.8, 4) is 0 Å². The van der Waals surface area contributed by atoms with Gasteiger partial charge >= 0.3 is 0 Å². The second kappa shape index (κ2) is 3.71. The van der Waals surface area contributed by atoms with Crippen molar-refractivity contribution in [2.45, 2.75) is 13.3 Å². The predicted octanol–water partition coefficient (Wildman–Crippen LogP) is 2.49. The van der Waals surface area contributed by atoms with Gasteiger partial charge in [0.05, 0.1) is 0 Å². The number of hydrogen-bond donors (Lipinski definition) is 0. The van der Waals surface area contributed by atoms with Crippen LogP contribution in [0.2, 0.25) is 0 Å². The van der Waals surface area contributed by atoms with Gasteiger partial charge in [0, 0.05) is 12.2 Å². The molecular weight excluding hydrogens is 144 g/mol. The first kappa shape index (κ1) is 7.73. The average molecular weight is 156 g/mol. The molecule has 0 aliphatic carbocycles. The van der Waals surface area contributed by atoms with E-state index in [9.17, 15) is 0 Å². The molecule has 0 spiro atoms. The standard InChI is InChI=1S/C8H12OS/c1-7-3-4-8(9-7)5-6-10-2/h3-4H,5-6H2,1-2H3. The summed E-state index contributed by atoms with van der Waals surface area (Å²) >= 11 is 1.85. The lowest BCUT2D eigenvalue weighted by Crippen LogP contribution is -1.82. The third kappa shape index (κ3) is 2.10. The Bertz CT molecular complexity index is 193. The van der Waals surface area contributed by atoms with E-state index in [1.165, 1.54) is 0 Å². The maximum absolute atomic E-state index is 5.37. The third-order valence-electron chi connectivity index (χ3n) is 1.35. The van der Waals surface area contributed by atoms with Crippen molar-refractivity contribution in [2.75, 3.05) is 12.0 Å². The molecule has 1 heterocycles. The van der Waals surface area contributed by atoms with Gasteiger partial charge in [0.25, 0.3) is 0 Å². The highest BCUT2D eigenvalue weighted by molar-refractivity contribution is 7.98. The second-order valence-corrected chi connectivity index (χ2v) is 3.24. The van der Waals surface area contributed by atoms with Gasteiger partial charge in [-0.1, -0.05) is 0 Å². The summed E-state index contributed by atoms with van der Waals surface area (Å²) in [6.07, 6.45) is 3.16. The number of aryl methyl sites for hydroxylation is 2. The van der Waals surface area contributed by atoms with Gasteiger partial charge in [-0.2, -0.15) is 11.8 Å². The maximum atomic E-state index is 5.37. The molecule has 1 rings (SSSR count). The van der Waals surface area contributed by atoms with Crippen molar-refractivity contribution < 1.29 is 4.42 Å². The van der Waals surface area contributed by atoms with Crippen molar-refractivity contribution >= 4 is 11.8 Å². The molecule has 0 atom stereocenters. The van der Waals surface area contributed by atoms with Crippen molar-refractivity contribution in [3.63, 3.8) is 0 Å². The molecule has 10 heavy (non-hydrogen) atoms. The summed E-state index contributed by atoms with van der Waals surface area (Å²) in [6, 6.07) is 4.06. The molecule has 0 saturated heterocycles. The minimum Gasteiger partial charge on any atom is -0.466 e. The normalized spacial score (nSPS) is 10.2. The molecule has 0 aromatic carbocycles. The van der Waals surface area contributed by atoms with Gasteiger partial charge < -0.3 is 4.42 Å². The van der Waals surface area contributed by atoms with Crippen molar-refractivity contribution in [1.82, 2.24) is 0 Å². The van der Waals surface area contributed by atoms with Crippen LogP contribution in [0.15, 0.2) is 16.5 Å². The van der Waals surface area contributed by atoms with Crippen molar-refractivity contribution in [1.29, 1.82) is 0 Å². The Kier molecular flexibility index (Phi) is 2.87. The molecule has 1 nitrogen and oxygen atoms in total. The van der Waals surface area contributed by atoms with E-state index in [0.717, 1.165) is 23.7 Å². The first-order chi connectivity index (χ1) is 4.83. The monoisotopic (exact) mass is 156 g/mol. The lowest BCUT2D eigenvalue weighted by Gasteiger charge is -1.91. The summed E-state index contributed by atoms with van der Waals surface area (Å²) in [5, 5.41) is 0. The van der Waals surface area contributed by atoms with E-state index < -0.39 is 0 Å². The van der Waals surface area contributed by atoms with Gasteiger partial charge in [0.15, 0.2) is 0 Å². The lowest BCUT2D eigenvalue weighted by molar-refractivity contribution is 0.490. The van der Waals surface area contributed by atoms with E-state index in [1.54, 1.807) is 0 Å².